The molecule has 7 nitrogen and oxygen atoms in total. The van der Waals surface area contributed by atoms with E-state index in [1.807, 2.05) is 41.7 Å². The normalized spacial score (nSPS) is 10.7. The molecule has 7 heteroatoms. The lowest BCUT2D eigenvalue weighted by molar-refractivity contribution is -0.115. The van der Waals surface area contributed by atoms with Crippen LogP contribution in [-0.4, -0.2) is 11.9 Å². The van der Waals surface area contributed by atoms with Crippen LogP contribution < -0.4 is 15.8 Å². The Labute approximate surface area is 172 Å². The molecule has 0 saturated heterocycles. The number of nitriles is 2. The number of imide groups is 1. The van der Waals surface area contributed by atoms with Gasteiger partial charge in [-0.25, -0.2) is 4.79 Å². The molecule has 0 aromatic heterocycles. The molecule has 3 amide bonds. The Hall–Kier alpha value is -4.62. The number of rotatable bonds is 5. The van der Waals surface area contributed by atoms with Gasteiger partial charge in [-0.1, -0.05) is 48.5 Å². The second-order valence-electron chi connectivity index (χ2n) is 6.24. The Kier molecular flexibility index (Phi) is 6.07. The number of nitrogens with two attached hydrogens (primary N) is 1. The Balaban J connectivity index is 2.06. The van der Waals surface area contributed by atoms with E-state index in [-0.39, 0.29) is 12.2 Å². The van der Waals surface area contributed by atoms with Crippen molar-refractivity contribution in [1.29, 1.82) is 10.5 Å². The number of fused-ring (bicyclic) bond motifs is 1. The molecule has 0 aliphatic rings. The lowest BCUT2D eigenvalue weighted by Gasteiger charge is -2.13. The van der Waals surface area contributed by atoms with E-state index in [9.17, 15) is 20.1 Å². The highest BCUT2D eigenvalue weighted by molar-refractivity contribution is 6.10. The summed E-state index contributed by atoms with van der Waals surface area (Å²) in [4.78, 5) is 23.1. The zero-order valence-electron chi connectivity index (χ0n) is 15.8. The maximum absolute atomic E-state index is 12.1. The third kappa shape index (κ3) is 4.44. The van der Waals surface area contributed by atoms with Crippen molar-refractivity contribution >= 4 is 28.8 Å². The van der Waals surface area contributed by atoms with Gasteiger partial charge in [0.15, 0.2) is 0 Å². The smallest absolute Gasteiger partial charge is 0.319 e. The number of benzene rings is 3. The Morgan fingerprint density at radius 2 is 1.77 bits per heavy atom. The number of carbonyl (C=O) groups excluding carboxylic acids is 2. The molecule has 0 atom stereocenters. The Morgan fingerprint density at radius 1 is 1.03 bits per heavy atom. The van der Waals surface area contributed by atoms with Crippen molar-refractivity contribution in [2.75, 3.05) is 0 Å². The highest BCUT2D eigenvalue weighted by Gasteiger charge is 2.15. The first-order valence-corrected chi connectivity index (χ1v) is 8.88. The molecule has 0 fully saturated rings. The lowest BCUT2D eigenvalue weighted by Crippen LogP contribution is -2.35. The van der Waals surface area contributed by atoms with Gasteiger partial charge in [0, 0.05) is 11.1 Å². The summed E-state index contributed by atoms with van der Waals surface area (Å²) in [6.45, 7) is 0.123. The van der Waals surface area contributed by atoms with Crippen molar-refractivity contribution in [1.82, 2.24) is 5.32 Å². The van der Waals surface area contributed by atoms with Crippen molar-refractivity contribution in [3.63, 3.8) is 0 Å². The van der Waals surface area contributed by atoms with Gasteiger partial charge in [-0.2, -0.15) is 10.5 Å². The highest BCUT2D eigenvalue weighted by atomic mass is 16.5. The summed E-state index contributed by atoms with van der Waals surface area (Å²) in [6.07, 6.45) is 1.35. The van der Waals surface area contributed by atoms with Crippen LogP contribution in [0.5, 0.6) is 5.75 Å². The van der Waals surface area contributed by atoms with Gasteiger partial charge in [-0.3, -0.25) is 10.1 Å². The molecule has 0 aliphatic carbocycles. The molecule has 30 heavy (non-hydrogen) atoms. The van der Waals surface area contributed by atoms with Crippen LogP contribution in [0, 0.1) is 22.7 Å². The number of urea groups is 1. The maximum atomic E-state index is 12.1. The number of amides is 3. The average Bonchev–Trinajstić information content (AvgIpc) is 2.75. The first-order chi connectivity index (χ1) is 14.5. The maximum Gasteiger partial charge on any atom is 0.319 e. The van der Waals surface area contributed by atoms with Crippen molar-refractivity contribution < 1.29 is 14.3 Å². The van der Waals surface area contributed by atoms with Gasteiger partial charge >= 0.3 is 6.03 Å². The molecular formula is C23H16N4O3. The van der Waals surface area contributed by atoms with Crippen LogP contribution in [-0.2, 0) is 11.4 Å². The summed E-state index contributed by atoms with van der Waals surface area (Å²) in [5.74, 6) is -0.486. The van der Waals surface area contributed by atoms with E-state index in [0.717, 1.165) is 10.8 Å². The lowest BCUT2D eigenvalue weighted by atomic mass is 10.0. The summed E-state index contributed by atoms with van der Waals surface area (Å²) in [6, 6.07) is 20.9. The second-order valence-corrected chi connectivity index (χ2v) is 6.24. The third-order valence-corrected chi connectivity index (χ3v) is 4.34. The fourth-order valence-corrected chi connectivity index (χ4v) is 2.93. The molecule has 3 aromatic rings. The van der Waals surface area contributed by atoms with Crippen LogP contribution >= 0.6 is 0 Å². The number of carbonyl (C=O) groups is 2. The largest absolute Gasteiger partial charge is 0.488 e. The Bertz CT molecular complexity index is 1250. The fourth-order valence-electron chi connectivity index (χ4n) is 2.93. The van der Waals surface area contributed by atoms with E-state index in [4.69, 9.17) is 10.5 Å². The summed E-state index contributed by atoms with van der Waals surface area (Å²) in [7, 11) is 0. The SMILES string of the molecule is N#C/C(=C/c1c(OCc2ccccc2C#N)ccc2ccccc12)C(=O)NC(N)=O. The minimum atomic E-state index is -1.05. The first-order valence-electron chi connectivity index (χ1n) is 8.88. The van der Waals surface area contributed by atoms with Gasteiger partial charge in [-0.15, -0.1) is 0 Å². The van der Waals surface area contributed by atoms with Crippen molar-refractivity contribution in [2.45, 2.75) is 6.61 Å². The van der Waals surface area contributed by atoms with Crippen LogP contribution in [0.2, 0.25) is 0 Å². The quantitative estimate of drug-likeness (QED) is 0.504. The summed E-state index contributed by atoms with van der Waals surface area (Å²) in [5, 5.41) is 22.2. The topological polar surface area (TPSA) is 129 Å². The van der Waals surface area contributed by atoms with Gasteiger partial charge in [0.05, 0.1) is 11.6 Å². The van der Waals surface area contributed by atoms with E-state index in [2.05, 4.69) is 6.07 Å². The Morgan fingerprint density at radius 3 is 2.50 bits per heavy atom. The van der Waals surface area contributed by atoms with E-state index in [1.165, 1.54) is 6.08 Å². The van der Waals surface area contributed by atoms with Crippen molar-refractivity contribution in [3.05, 3.63) is 82.9 Å². The molecule has 0 saturated carbocycles. The zero-order chi connectivity index (χ0) is 21.5. The average molecular weight is 396 g/mol. The molecular weight excluding hydrogens is 380 g/mol. The molecule has 0 unspecified atom stereocenters. The van der Waals surface area contributed by atoms with Crippen LogP contribution in [0.1, 0.15) is 16.7 Å². The number of nitrogens with zero attached hydrogens (tertiary/aromatic N) is 2. The number of hydrogen-bond acceptors (Lipinski definition) is 5. The predicted molar refractivity (Wildman–Crippen MR) is 111 cm³/mol. The van der Waals surface area contributed by atoms with E-state index in [0.29, 0.717) is 22.4 Å². The molecule has 0 spiro atoms. The van der Waals surface area contributed by atoms with Gasteiger partial charge in [0.2, 0.25) is 0 Å². The van der Waals surface area contributed by atoms with Crippen LogP contribution in [0.15, 0.2) is 66.2 Å². The van der Waals surface area contributed by atoms with Gasteiger partial charge in [0.1, 0.15) is 24.0 Å². The van der Waals surface area contributed by atoms with Gasteiger partial charge < -0.3 is 10.5 Å². The molecule has 3 aromatic carbocycles. The predicted octanol–water partition coefficient (Wildman–Crippen LogP) is 3.39. The van der Waals surface area contributed by atoms with Crippen LogP contribution in [0.3, 0.4) is 0 Å². The summed E-state index contributed by atoms with van der Waals surface area (Å²) in [5.41, 5.74) is 6.38. The van der Waals surface area contributed by atoms with E-state index in [1.54, 1.807) is 30.3 Å². The van der Waals surface area contributed by atoms with Gasteiger partial charge in [0.25, 0.3) is 5.91 Å². The van der Waals surface area contributed by atoms with Gasteiger partial charge in [-0.05, 0) is 29.0 Å². The monoisotopic (exact) mass is 396 g/mol. The number of hydrogen-bond donors (Lipinski definition) is 2. The summed E-state index contributed by atoms with van der Waals surface area (Å²) < 4.78 is 5.95. The van der Waals surface area contributed by atoms with Crippen molar-refractivity contribution in [2.24, 2.45) is 5.73 Å². The fraction of sp³-hybridized carbons (Fsp3) is 0.0435. The molecule has 0 heterocycles. The molecule has 3 rings (SSSR count). The molecule has 0 radical (unpaired) electrons. The van der Waals surface area contributed by atoms with Crippen LogP contribution in [0.25, 0.3) is 16.8 Å². The van der Waals surface area contributed by atoms with E-state index >= 15 is 0 Å². The summed E-state index contributed by atoms with van der Waals surface area (Å²) >= 11 is 0. The number of nitrogens with one attached hydrogen (secondary N) is 1. The zero-order valence-corrected chi connectivity index (χ0v) is 15.8. The molecule has 0 bridgehead atoms. The third-order valence-electron chi connectivity index (χ3n) is 4.34. The molecule has 0 aliphatic heterocycles. The van der Waals surface area contributed by atoms with Crippen molar-refractivity contribution in [3.8, 4) is 17.9 Å². The minimum absolute atomic E-state index is 0.123. The number of primary amides is 1. The van der Waals surface area contributed by atoms with E-state index < -0.39 is 11.9 Å². The standard InChI is InChI=1S/C23H16N4O3/c24-12-16-6-1-2-7-17(16)14-30-21-10-9-15-5-3-4-8-19(15)20(21)11-18(13-25)22(28)27-23(26)29/h1-11H,14H2,(H3,26,27,28,29)/b18-11-. The molecule has 146 valence electrons. The van der Waals surface area contributed by atoms with Crippen LogP contribution in [0.4, 0.5) is 4.79 Å². The first kappa shape index (κ1) is 20.1. The minimum Gasteiger partial charge on any atom is -0.488 e. The number of ether oxygens (including phenoxy) is 1. The molecule has 3 N–H and O–H groups in total. The second kappa shape index (κ2) is 9.05. The highest BCUT2D eigenvalue weighted by Crippen LogP contribution is 2.31.